The van der Waals surface area contributed by atoms with E-state index in [-0.39, 0.29) is 23.9 Å². The third-order valence-electron chi connectivity index (χ3n) is 4.00. The van der Waals surface area contributed by atoms with Gasteiger partial charge in [-0.3, -0.25) is 4.79 Å². The zero-order valence-electron chi connectivity index (χ0n) is 13.6. The molecule has 5 nitrogen and oxygen atoms in total. The van der Waals surface area contributed by atoms with Crippen LogP contribution in [0.2, 0.25) is 10.0 Å². The van der Waals surface area contributed by atoms with Crippen LogP contribution in [0.5, 0.6) is 0 Å². The Morgan fingerprint density at radius 2 is 1.92 bits per heavy atom. The topological polar surface area (TPSA) is 72.9 Å². The van der Waals surface area contributed by atoms with E-state index in [9.17, 15) is 4.79 Å². The lowest BCUT2D eigenvalue weighted by Gasteiger charge is -2.26. The van der Waals surface area contributed by atoms with Gasteiger partial charge in [0.25, 0.3) is 5.91 Å². The number of hydrogen-bond donors (Lipinski definition) is 2. The quantitative estimate of drug-likeness (QED) is 0.785. The molecule has 1 heterocycles. The van der Waals surface area contributed by atoms with E-state index < -0.39 is 0 Å². The Balaban J connectivity index is 0.00000288. The number of nitrogens with two attached hydrogens (primary N) is 1. The van der Waals surface area contributed by atoms with Gasteiger partial charge in [-0.1, -0.05) is 37.0 Å². The average Bonchev–Trinajstić information content (AvgIpc) is 3.05. The van der Waals surface area contributed by atoms with Gasteiger partial charge in [-0.05, 0) is 37.1 Å². The van der Waals surface area contributed by atoms with E-state index >= 15 is 0 Å². The Labute approximate surface area is 157 Å². The molecule has 0 radical (unpaired) electrons. The molecule has 2 rings (SSSR count). The second-order valence-corrected chi connectivity index (χ2v) is 6.31. The minimum Gasteiger partial charge on any atom is -0.349 e. The number of benzene rings is 1. The molecule has 132 valence electrons. The number of nitrogens with zero attached hydrogens (tertiary/aromatic N) is 2. The van der Waals surface area contributed by atoms with E-state index in [0.717, 1.165) is 18.5 Å². The first-order valence-electron chi connectivity index (χ1n) is 7.46. The fourth-order valence-corrected chi connectivity index (χ4v) is 2.36. The second kappa shape index (κ2) is 8.72. The molecule has 0 spiro atoms. The maximum absolute atomic E-state index is 12.2. The first kappa shape index (κ1) is 20.8. The number of nitrogens with one attached hydrogen (secondary N) is 1. The summed E-state index contributed by atoms with van der Waals surface area (Å²) in [6.45, 7) is 4.43. The monoisotopic (exact) mass is 390 g/mol. The molecule has 1 aromatic heterocycles. The van der Waals surface area contributed by atoms with Crippen LogP contribution in [-0.4, -0.2) is 27.8 Å². The molecule has 0 atom stereocenters. The number of carbonyl (C=O) groups excluding carboxylic acids is 1. The summed E-state index contributed by atoms with van der Waals surface area (Å²) in [6, 6.07) is 6.81. The van der Waals surface area contributed by atoms with Crippen molar-refractivity contribution in [3.8, 4) is 5.69 Å². The number of halogens is 3. The van der Waals surface area contributed by atoms with Crippen LogP contribution in [0.1, 0.15) is 37.2 Å². The highest BCUT2D eigenvalue weighted by molar-refractivity contribution is 6.42. The molecule has 0 aliphatic carbocycles. The highest BCUT2D eigenvalue weighted by atomic mass is 35.5. The SMILES string of the molecule is CCC(N)(CC)CNC(=O)c1ccn(-c2ccc(Cl)c(Cl)c2)n1.Cl. The second-order valence-electron chi connectivity index (χ2n) is 5.50. The van der Waals surface area contributed by atoms with Crippen molar-refractivity contribution in [2.45, 2.75) is 32.2 Å². The predicted molar refractivity (Wildman–Crippen MR) is 101 cm³/mol. The Bertz CT molecular complexity index is 698. The molecule has 0 fully saturated rings. The summed E-state index contributed by atoms with van der Waals surface area (Å²) in [5.41, 5.74) is 6.85. The Hall–Kier alpha value is -1.27. The zero-order valence-corrected chi connectivity index (χ0v) is 15.9. The van der Waals surface area contributed by atoms with Crippen molar-refractivity contribution >= 4 is 41.5 Å². The van der Waals surface area contributed by atoms with Gasteiger partial charge in [0, 0.05) is 18.3 Å². The fraction of sp³-hybridized carbons (Fsp3) is 0.375. The minimum atomic E-state index is -0.387. The Morgan fingerprint density at radius 3 is 2.50 bits per heavy atom. The van der Waals surface area contributed by atoms with Gasteiger partial charge in [-0.2, -0.15) is 5.10 Å². The van der Waals surface area contributed by atoms with Crippen LogP contribution in [0.25, 0.3) is 5.69 Å². The summed E-state index contributed by atoms with van der Waals surface area (Å²) in [5, 5.41) is 8.01. The average molecular weight is 392 g/mol. The van der Waals surface area contributed by atoms with Crippen molar-refractivity contribution in [2.75, 3.05) is 6.54 Å². The van der Waals surface area contributed by atoms with Crippen LogP contribution in [-0.2, 0) is 0 Å². The van der Waals surface area contributed by atoms with Gasteiger partial charge in [0.05, 0.1) is 15.7 Å². The largest absolute Gasteiger partial charge is 0.349 e. The standard InChI is InChI=1S/C16H20Cl2N4O.ClH/c1-3-16(19,4-2)10-20-15(23)14-7-8-22(21-14)11-5-6-12(17)13(18)9-11;/h5-9H,3-4,10,19H2,1-2H3,(H,20,23);1H. The van der Waals surface area contributed by atoms with Gasteiger partial charge < -0.3 is 11.1 Å². The molecular formula is C16H21Cl3N4O. The van der Waals surface area contributed by atoms with E-state index in [4.69, 9.17) is 28.9 Å². The summed E-state index contributed by atoms with van der Waals surface area (Å²) >= 11 is 11.9. The van der Waals surface area contributed by atoms with Crippen molar-refractivity contribution in [1.29, 1.82) is 0 Å². The van der Waals surface area contributed by atoms with Gasteiger partial charge in [0.2, 0.25) is 0 Å². The number of carbonyl (C=O) groups is 1. The first-order chi connectivity index (χ1) is 10.9. The summed E-state index contributed by atoms with van der Waals surface area (Å²) in [5.74, 6) is -0.250. The molecule has 2 aromatic rings. The molecule has 0 unspecified atom stereocenters. The third-order valence-corrected chi connectivity index (χ3v) is 4.74. The number of amides is 1. The molecule has 0 aliphatic heterocycles. The highest BCUT2D eigenvalue weighted by Crippen LogP contribution is 2.24. The van der Waals surface area contributed by atoms with Crippen LogP contribution >= 0.6 is 35.6 Å². The van der Waals surface area contributed by atoms with Gasteiger partial charge in [0.15, 0.2) is 5.69 Å². The lowest BCUT2D eigenvalue weighted by atomic mass is 9.94. The van der Waals surface area contributed by atoms with Gasteiger partial charge in [-0.15, -0.1) is 12.4 Å². The van der Waals surface area contributed by atoms with Crippen molar-refractivity contribution < 1.29 is 4.79 Å². The van der Waals surface area contributed by atoms with E-state index in [2.05, 4.69) is 10.4 Å². The number of rotatable bonds is 6. The summed E-state index contributed by atoms with van der Waals surface area (Å²) in [6.07, 6.45) is 3.28. The summed E-state index contributed by atoms with van der Waals surface area (Å²) in [4.78, 5) is 12.2. The lowest BCUT2D eigenvalue weighted by molar-refractivity contribution is 0.0936. The summed E-state index contributed by atoms with van der Waals surface area (Å²) in [7, 11) is 0. The van der Waals surface area contributed by atoms with Crippen molar-refractivity contribution in [1.82, 2.24) is 15.1 Å². The Kier molecular flexibility index (Phi) is 7.55. The molecular weight excluding hydrogens is 371 g/mol. The molecule has 0 aliphatic rings. The Morgan fingerprint density at radius 1 is 1.25 bits per heavy atom. The smallest absolute Gasteiger partial charge is 0.271 e. The number of aromatic nitrogens is 2. The molecule has 8 heteroatoms. The van der Waals surface area contributed by atoms with Gasteiger partial charge >= 0.3 is 0 Å². The van der Waals surface area contributed by atoms with Crippen LogP contribution in [0.15, 0.2) is 30.5 Å². The summed E-state index contributed by atoms with van der Waals surface area (Å²) < 4.78 is 1.58. The fourth-order valence-electron chi connectivity index (χ4n) is 2.06. The van der Waals surface area contributed by atoms with Crippen LogP contribution in [0.3, 0.4) is 0 Å². The maximum atomic E-state index is 12.2. The first-order valence-corrected chi connectivity index (χ1v) is 8.22. The predicted octanol–water partition coefficient (Wildman–Crippen LogP) is 3.85. The van der Waals surface area contributed by atoms with Crippen molar-refractivity contribution in [3.63, 3.8) is 0 Å². The third kappa shape index (κ3) is 4.86. The van der Waals surface area contributed by atoms with Crippen LogP contribution < -0.4 is 11.1 Å². The maximum Gasteiger partial charge on any atom is 0.271 e. The molecule has 0 saturated heterocycles. The molecule has 3 N–H and O–H groups in total. The lowest BCUT2D eigenvalue weighted by Crippen LogP contribution is -2.49. The minimum absolute atomic E-state index is 0. The normalized spacial score (nSPS) is 11.0. The zero-order chi connectivity index (χ0) is 17.0. The highest BCUT2D eigenvalue weighted by Gasteiger charge is 2.21. The van der Waals surface area contributed by atoms with E-state index in [0.29, 0.717) is 22.3 Å². The van der Waals surface area contributed by atoms with Crippen molar-refractivity contribution in [2.24, 2.45) is 5.73 Å². The molecule has 0 saturated carbocycles. The van der Waals surface area contributed by atoms with Crippen molar-refractivity contribution in [3.05, 3.63) is 46.2 Å². The van der Waals surface area contributed by atoms with E-state index in [1.165, 1.54) is 0 Å². The number of hydrogen-bond acceptors (Lipinski definition) is 3. The molecule has 0 bridgehead atoms. The van der Waals surface area contributed by atoms with Crippen LogP contribution in [0.4, 0.5) is 0 Å². The van der Waals surface area contributed by atoms with Crippen LogP contribution in [0, 0.1) is 0 Å². The van der Waals surface area contributed by atoms with E-state index in [1.54, 1.807) is 35.1 Å². The van der Waals surface area contributed by atoms with Gasteiger partial charge in [0.1, 0.15) is 0 Å². The van der Waals surface area contributed by atoms with Gasteiger partial charge in [-0.25, -0.2) is 4.68 Å². The van der Waals surface area contributed by atoms with E-state index in [1.807, 2.05) is 13.8 Å². The molecule has 24 heavy (non-hydrogen) atoms. The molecule has 1 amide bonds. The molecule has 1 aromatic carbocycles.